The van der Waals surface area contributed by atoms with Crippen LogP contribution in [0.15, 0.2) is 71.3 Å². The summed E-state index contributed by atoms with van der Waals surface area (Å²) in [6, 6.07) is 16.8. The summed E-state index contributed by atoms with van der Waals surface area (Å²) in [7, 11) is 0. The van der Waals surface area contributed by atoms with Crippen molar-refractivity contribution in [1.29, 1.82) is 0 Å². The lowest BCUT2D eigenvalue weighted by Gasteiger charge is -2.10. The van der Waals surface area contributed by atoms with E-state index < -0.39 is 0 Å². The quantitative estimate of drug-likeness (QED) is 0.624. The second-order valence-electron chi connectivity index (χ2n) is 6.59. The molecule has 0 saturated heterocycles. The zero-order valence-electron chi connectivity index (χ0n) is 14.9. The lowest BCUT2D eigenvalue weighted by molar-refractivity contribution is 0.0956. The molecule has 1 amide bonds. The molecule has 1 aliphatic carbocycles. The van der Waals surface area contributed by atoms with Crippen LogP contribution in [-0.2, 0) is 0 Å². The molecule has 0 spiro atoms. The van der Waals surface area contributed by atoms with Gasteiger partial charge in [-0.1, -0.05) is 53.6 Å². The van der Waals surface area contributed by atoms with Crippen LogP contribution in [0.25, 0.3) is 22.2 Å². The average molecular weight is 376 g/mol. The van der Waals surface area contributed by atoms with Gasteiger partial charge in [-0.2, -0.15) is 5.10 Å². The summed E-state index contributed by atoms with van der Waals surface area (Å²) < 4.78 is 0. The highest BCUT2D eigenvalue weighted by atomic mass is 35.5. The molecule has 1 aromatic heterocycles. The molecular formula is C22H18ClN3O. The zero-order chi connectivity index (χ0) is 18.8. The fraction of sp³-hybridized carbons (Fsp3) is 0.136. The second-order valence-corrected chi connectivity index (χ2v) is 6.99. The third kappa shape index (κ3) is 3.62. The van der Waals surface area contributed by atoms with Crippen molar-refractivity contribution in [2.45, 2.75) is 19.8 Å². The maximum atomic E-state index is 12.9. The number of pyridine rings is 1. The third-order valence-corrected chi connectivity index (χ3v) is 4.93. The van der Waals surface area contributed by atoms with Gasteiger partial charge in [0.1, 0.15) is 0 Å². The van der Waals surface area contributed by atoms with E-state index in [1.54, 1.807) is 6.07 Å². The molecule has 1 aliphatic rings. The van der Waals surface area contributed by atoms with Crippen LogP contribution in [0, 0.1) is 0 Å². The highest BCUT2D eigenvalue weighted by Crippen LogP contribution is 2.29. The van der Waals surface area contributed by atoms with Gasteiger partial charge >= 0.3 is 0 Å². The molecule has 0 bridgehead atoms. The number of amides is 1. The molecule has 0 atom stereocenters. The Labute approximate surface area is 162 Å². The fourth-order valence-corrected chi connectivity index (χ4v) is 3.43. The van der Waals surface area contributed by atoms with Crippen LogP contribution >= 0.6 is 11.6 Å². The maximum Gasteiger partial charge on any atom is 0.272 e. The highest BCUT2D eigenvalue weighted by Gasteiger charge is 2.15. The molecule has 27 heavy (non-hydrogen) atoms. The Balaban J connectivity index is 1.77. The molecule has 4 rings (SSSR count). The maximum absolute atomic E-state index is 12.9. The number of hydrogen-bond donors (Lipinski definition) is 1. The number of aromatic nitrogens is 1. The molecule has 0 fully saturated rings. The van der Waals surface area contributed by atoms with E-state index in [4.69, 9.17) is 11.6 Å². The van der Waals surface area contributed by atoms with E-state index in [0.717, 1.165) is 35.0 Å². The van der Waals surface area contributed by atoms with E-state index in [0.29, 0.717) is 16.3 Å². The Hall–Kier alpha value is -2.98. The average Bonchev–Trinajstić information content (AvgIpc) is 3.11. The summed E-state index contributed by atoms with van der Waals surface area (Å²) in [6.45, 7) is 2.07. The van der Waals surface area contributed by atoms with Gasteiger partial charge in [-0.15, -0.1) is 0 Å². The summed E-state index contributed by atoms with van der Waals surface area (Å²) in [6.07, 6.45) is 3.86. The number of carbonyl (C=O) groups is 1. The Morgan fingerprint density at radius 3 is 2.67 bits per heavy atom. The molecule has 4 nitrogen and oxygen atoms in total. The molecule has 134 valence electrons. The number of nitrogens with one attached hydrogen (secondary N) is 1. The van der Waals surface area contributed by atoms with E-state index in [9.17, 15) is 4.79 Å². The number of carbonyl (C=O) groups excluding carboxylic acids is 1. The van der Waals surface area contributed by atoms with Crippen LogP contribution in [0.2, 0.25) is 5.02 Å². The first kappa shape index (κ1) is 17.4. The standard InChI is InChI=1S/C22H18ClN3O/c1-14-10-11-15(12-14)25-26-22(27)18-13-21(17-7-2-4-8-19(17)23)24-20-9-5-3-6-16(18)20/h2-9,12-13H,10-11H2,1H3,(H,26,27)/b25-15+. The third-order valence-electron chi connectivity index (χ3n) is 4.60. The normalized spacial score (nSPS) is 15.2. The fourth-order valence-electron chi connectivity index (χ4n) is 3.20. The number of allylic oxidation sites excluding steroid dienone is 2. The molecule has 0 aliphatic heterocycles. The molecule has 3 aromatic rings. The summed E-state index contributed by atoms with van der Waals surface area (Å²) in [5.74, 6) is -0.257. The first-order valence-corrected chi connectivity index (χ1v) is 9.18. The Kier molecular flexibility index (Phi) is 4.73. The van der Waals surface area contributed by atoms with Gasteiger partial charge in [0.2, 0.25) is 0 Å². The first-order valence-electron chi connectivity index (χ1n) is 8.80. The number of halogens is 1. The van der Waals surface area contributed by atoms with E-state index in [2.05, 4.69) is 22.4 Å². The van der Waals surface area contributed by atoms with Crippen LogP contribution in [0.4, 0.5) is 0 Å². The van der Waals surface area contributed by atoms with Gasteiger partial charge in [0, 0.05) is 16.0 Å². The summed E-state index contributed by atoms with van der Waals surface area (Å²) >= 11 is 6.33. The van der Waals surface area contributed by atoms with Gasteiger partial charge in [-0.3, -0.25) is 4.79 Å². The van der Waals surface area contributed by atoms with Crippen LogP contribution in [0.1, 0.15) is 30.1 Å². The van der Waals surface area contributed by atoms with Crippen molar-refractivity contribution in [1.82, 2.24) is 10.4 Å². The van der Waals surface area contributed by atoms with Gasteiger partial charge in [0.15, 0.2) is 0 Å². The summed E-state index contributed by atoms with van der Waals surface area (Å²) in [5, 5.41) is 5.65. The molecule has 0 unspecified atom stereocenters. The minimum absolute atomic E-state index is 0.257. The molecule has 1 N–H and O–H groups in total. The van der Waals surface area contributed by atoms with Crippen molar-refractivity contribution < 1.29 is 4.79 Å². The first-order chi connectivity index (χ1) is 13.1. The number of rotatable bonds is 3. The Morgan fingerprint density at radius 2 is 1.89 bits per heavy atom. The van der Waals surface area contributed by atoms with Crippen LogP contribution in [0.3, 0.4) is 0 Å². The zero-order valence-corrected chi connectivity index (χ0v) is 15.6. The second kappa shape index (κ2) is 7.33. The largest absolute Gasteiger partial charge is 0.272 e. The van der Waals surface area contributed by atoms with Gasteiger partial charge in [-0.25, -0.2) is 10.4 Å². The van der Waals surface area contributed by atoms with Crippen molar-refractivity contribution >= 4 is 34.1 Å². The van der Waals surface area contributed by atoms with E-state index >= 15 is 0 Å². The van der Waals surface area contributed by atoms with Crippen LogP contribution < -0.4 is 5.43 Å². The van der Waals surface area contributed by atoms with E-state index in [1.807, 2.05) is 54.6 Å². The van der Waals surface area contributed by atoms with Crippen LogP contribution in [-0.4, -0.2) is 16.6 Å². The van der Waals surface area contributed by atoms with E-state index in [1.165, 1.54) is 5.57 Å². The van der Waals surface area contributed by atoms with Crippen molar-refractivity contribution in [3.05, 3.63) is 76.8 Å². The molecule has 2 aromatic carbocycles. The number of hydrazone groups is 1. The monoisotopic (exact) mass is 375 g/mol. The predicted octanol–water partition coefficient (Wildman–Crippen LogP) is 5.38. The summed E-state index contributed by atoms with van der Waals surface area (Å²) in [4.78, 5) is 17.6. The van der Waals surface area contributed by atoms with Crippen molar-refractivity contribution in [3.8, 4) is 11.3 Å². The van der Waals surface area contributed by atoms with Crippen molar-refractivity contribution in [2.24, 2.45) is 5.10 Å². The molecular weight excluding hydrogens is 358 g/mol. The number of nitrogens with zero attached hydrogens (tertiary/aromatic N) is 2. The minimum Gasteiger partial charge on any atom is -0.267 e. The van der Waals surface area contributed by atoms with E-state index in [-0.39, 0.29) is 5.91 Å². The highest BCUT2D eigenvalue weighted by molar-refractivity contribution is 6.33. The van der Waals surface area contributed by atoms with Crippen molar-refractivity contribution in [3.63, 3.8) is 0 Å². The minimum atomic E-state index is -0.257. The number of benzene rings is 2. The van der Waals surface area contributed by atoms with Gasteiger partial charge in [-0.05, 0) is 44.0 Å². The molecule has 0 saturated carbocycles. The summed E-state index contributed by atoms with van der Waals surface area (Å²) in [5.41, 5.74) is 7.58. The van der Waals surface area contributed by atoms with Crippen molar-refractivity contribution in [2.75, 3.05) is 0 Å². The molecule has 5 heteroatoms. The SMILES string of the molecule is CC1=C/C(=N/NC(=O)c2cc(-c3ccccc3Cl)nc3ccccc23)CC1. The van der Waals surface area contributed by atoms with Gasteiger partial charge < -0.3 is 0 Å². The Bertz CT molecular complexity index is 1100. The van der Waals surface area contributed by atoms with Gasteiger partial charge in [0.05, 0.1) is 22.5 Å². The smallest absolute Gasteiger partial charge is 0.267 e. The topological polar surface area (TPSA) is 54.4 Å². The Morgan fingerprint density at radius 1 is 1.11 bits per heavy atom. The lowest BCUT2D eigenvalue weighted by atomic mass is 10.0. The molecule has 1 heterocycles. The lowest BCUT2D eigenvalue weighted by Crippen LogP contribution is -2.19. The number of fused-ring (bicyclic) bond motifs is 1. The number of hydrogen-bond acceptors (Lipinski definition) is 3. The molecule has 0 radical (unpaired) electrons. The van der Waals surface area contributed by atoms with Gasteiger partial charge in [0.25, 0.3) is 5.91 Å². The predicted molar refractivity (Wildman–Crippen MR) is 110 cm³/mol. The number of para-hydroxylation sites is 1. The van der Waals surface area contributed by atoms with Crippen LogP contribution in [0.5, 0.6) is 0 Å².